The number of ether oxygens (including phenoxy) is 1. The smallest absolute Gasteiger partial charge is 0.240 e. The third-order valence-electron chi connectivity index (χ3n) is 3.49. The number of aliphatic imine (C=N–C) groups is 1. The lowest BCUT2D eigenvalue weighted by Crippen LogP contribution is -2.28. The third kappa shape index (κ3) is 4.42. The van der Waals surface area contributed by atoms with Crippen LogP contribution in [0.1, 0.15) is 12.2 Å². The first kappa shape index (κ1) is 17.1. The van der Waals surface area contributed by atoms with Crippen molar-refractivity contribution in [3.63, 3.8) is 0 Å². The molecule has 0 spiro atoms. The van der Waals surface area contributed by atoms with Crippen molar-refractivity contribution in [3.8, 4) is 5.75 Å². The zero-order valence-electron chi connectivity index (χ0n) is 13.5. The molecule has 8 heteroatoms. The minimum atomic E-state index is -0.509. The molecule has 1 aliphatic rings. The van der Waals surface area contributed by atoms with E-state index in [9.17, 15) is 9.59 Å². The van der Waals surface area contributed by atoms with Crippen molar-refractivity contribution in [1.29, 1.82) is 0 Å². The van der Waals surface area contributed by atoms with Gasteiger partial charge in [-0.3, -0.25) is 14.6 Å². The van der Waals surface area contributed by atoms with Crippen LogP contribution in [0.4, 0.5) is 5.69 Å². The van der Waals surface area contributed by atoms with Crippen LogP contribution in [0.5, 0.6) is 5.75 Å². The first-order valence-electron chi connectivity index (χ1n) is 7.63. The van der Waals surface area contributed by atoms with E-state index < -0.39 is 5.25 Å². The lowest BCUT2D eigenvalue weighted by Gasteiger charge is -2.10. The lowest BCUT2D eigenvalue weighted by molar-refractivity contribution is -0.122. The molecular weight excluding hydrogens is 342 g/mol. The van der Waals surface area contributed by atoms with Gasteiger partial charge in [0.25, 0.3) is 0 Å². The molecule has 25 heavy (non-hydrogen) atoms. The summed E-state index contributed by atoms with van der Waals surface area (Å²) in [6.07, 6.45) is 1.62. The maximum atomic E-state index is 12.2. The van der Waals surface area contributed by atoms with E-state index in [0.717, 1.165) is 0 Å². The van der Waals surface area contributed by atoms with Crippen LogP contribution in [0.15, 0.2) is 52.1 Å². The van der Waals surface area contributed by atoms with Gasteiger partial charge in [0.15, 0.2) is 5.17 Å². The monoisotopic (exact) mass is 359 g/mol. The summed E-state index contributed by atoms with van der Waals surface area (Å²) in [5.41, 5.74) is 0.574. The normalized spacial score (nSPS) is 18.2. The molecule has 1 aliphatic heterocycles. The number of methoxy groups -OCH3 is 1. The Morgan fingerprint density at radius 3 is 2.96 bits per heavy atom. The Balaban J connectivity index is 1.56. The number of benzene rings is 1. The molecule has 1 saturated heterocycles. The molecule has 0 bridgehead atoms. The van der Waals surface area contributed by atoms with Crippen LogP contribution in [0.25, 0.3) is 0 Å². The van der Waals surface area contributed by atoms with Crippen LogP contribution in [-0.2, 0) is 16.1 Å². The fraction of sp³-hybridized carbons (Fsp3) is 0.235. The van der Waals surface area contributed by atoms with E-state index in [1.165, 1.54) is 18.9 Å². The Kier molecular flexibility index (Phi) is 5.39. The zero-order chi connectivity index (χ0) is 17.6. The number of rotatable bonds is 6. The van der Waals surface area contributed by atoms with Crippen LogP contribution < -0.4 is 15.4 Å². The quantitative estimate of drug-likeness (QED) is 0.826. The average molecular weight is 359 g/mol. The van der Waals surface area contributed by atoms with Crippen molar-refractivity contribution < 1.29 is 18.7 Å². The van der Waals surface area contributed by atoms with Gasteiger partial charge in [-0.25, -0.2) is 0 Å². The van der Waals surface area contributed by atoms with E-state index in [1.807, 2.05) is 12.1 Å². The lowest BCUT2D eigenvalue weighted by atomic mass is 10.2. The maximum Gasteiger partial charge on any atom is 0.240 e. The second-order valence-corrected chi connectivity index (χ2v) is 6.44. The molecule has 1 unspecified atom stereocenters. The third-order valence-corrected chi connectivity index (χ3v) is 4.61. The number of hydrogen-bond donors (Lipinski definition) is 2. The number of amides is 2. The molecule has 0 saturated carbocycles. The van der Waals surface area contributed by atoms with Crippen molar-refractivity contribution in [3.05, 3.63) is 48.4 Å². The summed E-state index contributed by atoms with van der Waals surface area (Å²) < 4.78 is 10.4. The summed E-state index contributed by atoms with van der Waals surface area (Å²) in [7, 11) is 1.53. The zero-order valence-corrected chi connectivity index (χ0v) is 14.3. The second kappa shape index (κ2) is 7.89. The fourth-order valence-corrected chi connectivity index (χ4v) is 3.25. The van der Waals surface area contributed by atoms with Gasteiger partial charge in [0.1, 0.15) is 16.8 Å². The van der Waals surface area contributed by atoms with Crippen molar-refractivity contribution in [1.82, 2.24) is 5.32 Å². The highest BCUT2D eigenvalue weighted by atomic mass is 32.2. The van der Waals surface area contributed by atoms with Crippen LogP contribution >= 0.6 is 11.8 Å². The molecule has 2 amide bonds. The van der Waals surface area contributed by atoms with Gasteiger partial charge in [0.2, 0.25) is 11.8 Å². The number of carbonyl (C=O) groups excluding carboxylic acids is 2. The Morgan fingerprint density at radius 1 is 1.36 bits per heavy atom. The highest BCUT2D eigenvalue weighted by Crippen LogP contribution is 2.26. The highest BCUT2D eigenvalue weighted by Gasteiger charge is 2.32. The summed E-state index contributed by atoms with van der Waals surface area (Å²) >= 11 is 1.25. The first-order valence-corrected chi connectivity index (χ1v) is 8.51. The Bertz CT molecular complexity index is 789. The predicted molar refractivity (Wildman–Crippen MR) is 95.6 cm³/mol. The Morgan fingerprint density at radius 2 is 2.20 bits per heavy atom. The molecule has 130 valence electrons. The van der Waals surface area contributed by atoms with E-state index in [0.29, 0.717) is 28.9 Å². The van der Waals surface area contributed by atoms with Crippen molar-refractivity contribution in [2.45, 2.75) is 18.2 Å². The maximum absolute atomic E-state index is 12.2. The first-order chi connectivity index (χ1) is 12.2. The van der Waals surface area contributed by atoms with Crippen molar-refractivity contribution >= 4 is 34.4 Å². The number of nitrogens with zero attached hydrogens (tertiary/aromatic N) is 1. The van der Waals surface area contributed by atoms with Gasteiger partial charge in [-0.2, -0.15) is 0 Å². The van der Waals surface area contributed by atoms with E-state index in [-0.39, 0.29) is 18.2 Å². The average Bonchev–Trinajstić information content (AvgIpc) is 3.23. The number of amidine groups is 1. The number of para-hydroxylation sites is 2. The molecule has 7 nitrogen and oxygen atoms in total. The van der Waals surface area contributed by atoms with Crippen LogP contribution in [-0.4, -0.2) is 29.3 Å². The van der Waals surface area contributed by atoms with Crippen LogP contribution in [0.2, 0.25) is 0 Å². The molecule has 2 aromatic rings. The molecule has 0 aliphatic carbocycles. The van der Waals surface area contributed by atoms with Gasteiger partial charge >= 0.3 is 0 Å². The van der Waals surface area contributed by atoms with E-state index in [2.05, 4.69) is 15.6 Å². The van der Waals surface area contributed by atoms with Gasteiger partial charge in [-0.1, -0.05) is 23.9 Å². The SMILES string of the molecule is COc1ccccc1NC(=O)CC1SC(=NCc2ccco2)NC1=O. The van der Waals surface area contributed by atoms with Gasteiger partial charge in [-0.15, -0.1) is 0 Å². The molecular formula is C17H17N3O4S. The number of furan rings is 1. The number of carbonyl (C=O) groups is 2. The minimum absolute atomic E-state index is 0.0499. The molecule has 1 aromatic heterocycles. The predicted octanol–water partition coefficient (Wildman–Crippen LogP) is 2.40. The standard InChI is InChI=1S/C17H17N3O4S/c1-23-13-7-3-2-6-12(13)19-15(21)9-14-16(22)20-17(25-14)18-10-11-5-4-8-24-11/h2-8,14H,9-10H2,1H3,(H,19,21)(H,18,20,22). The summed E-state index contributed by atoms with van der Waals surface area (Å²) in [5.74, 6) is 0.794. The molecule has 1 fully saturated rings. The van der Waals surface area contributed by atoms with Gasteiger partial charge in [0.05, 0.1) is 25.6 Å². The summed E-state index contributed by atoms with van der Waals surface area (Å²) in [4.78, 5) is 28.5. The van der Waals surface area contributed by atoms with Gasteiger partial charge in [-0.05, 0) is 24.3 Å². The Hall–Kier alpha value is -2.74. The van der Waals surface area contributed by atoms with E-state index >= 15 is 0 Å². The van der Waals surface area contributed by atoms with E-state index in [1.54, 1.807) is 30.5 Å². The number of thioether (sulfide) groups is 1. The van der Waals surface area contributed by atoms with Crippen LogP contribution in [0.3, 0.4) is 0 Å². The van der Waals surface area contributed by atoms with Gasteiger partial charge in [0, 0.05) is 6.42 Å². The van der Waals surface area contributed by atoms with Crippen LogP contribution in [0, 0.1) is 0 Å². The molecule has 1 atom stereocenters. The van der Waals surface area contributed by atoms with Crippen molar-refractivity contribution in [2.24, 2.45) is 4.99 Å². The fourth-order valence-electron chi connectivity index (χ4n) is 2.28. The summed E-state index contributed by atoms with van der Waals surface area (Å²) in [6, 6.07) is 10.7. The van der Waals surface area contributed by atoms with E-state index in [4.69, 9.17) is 9.15 Å². The minimum Gasteiger partial charge on any atom is -0.495 e. The summed E-state index contributed by atoms with van der Waals surface area (Å²) in [6.45, 7) is 0.343. The van der Waals surface area contributed by atoms with Gasteiger partial charge < -0.3 is 19.8 Å². The highest BCUT2D eigenvalue weighted by molar-refractivity contribution is 8.15. The Labute approximate surface area is 148 Å². The molecule has 2 N–H and O–H groups in total. The number of hydrogen-bond acceptors (Lipinski definition) is 6. The largest absolute Gasteiger partial charge is 0.495 e. The second-order valence-electron chi connectivity index (χ2n) is 5.25. The molecule has 2 heterocycles. The van der Waals surface area contributed by atoms with Crippen molar-refractivity contribution in [2.75, 3.05) is 12.4 Å². The molecule has 1 aromatic carbocycles. The number of anilines is 1. The topological polar surface area (TPSA) is 92.9 Å². The summed E-state index contributed by atoms with van der Waals surface area (Å²) in [5, 5.41) is 5.44. The number of nitrogens with one attached hydrogen (secondary N) is 2. The molecule has 0 radical (unpaired) electrons. The molecule has 3 rings (SSSR count).